The zero-order chi connectivity index (χ0) is 15.5. The van der Waals surface area contributed by atoms with Gasteiger partial charge in [0.15, 0.2) is 0 Å². The number of benzene rings is 1. The number of aromatic carboxylic acids is 1. The summed E-state index contributed by atoms with van der Waals surface area (Å²) in [5, 5.41) is 17.6. The Labute approximate surface area is 120 Å². The number of nitrogens with zero attached hydrogens (tertiary/aromatic N) is 2. The smallest absolute Gasteiger partial charge is 0.337 e. The molecule has 0 radical (unpaired) electrons. The Morgan fingerprint density at radius 2 is 1.95 bits per heavy atom. The van der Waals surface area contributed by atoms with Crippen LogP contribution < -0.4 is 4.72 Å². The highest BCUT2D eigenvalue weighted by Crippen LogP contribution is 2.19. The van der Waals surface area contributed by atoms with Crippen LogP contribution in [0.15, 0.2) is 47.5 Å². The molecule has 0 fully saturated rings. The number of anilines is 1. The molecule has 1 heterocycles. The number of carboxylic acids is 1. The standard InChI is InChI=1S/C13H9N3O4S/c14-7-9-5-6-10(8-15-9)21(19,20)16-12-4-2-1-3-11(12)13(17)18/h1-6,8,16H,(H,17,18). The van der Waals surface area contributed by atoms with Crippen molar-refractivity contribution in [1.29, 1.82) is 5.26 Å². The van der Waals surface area contributed by atoms with Crippen LogP contribution in [0.5, 0.6) is 0 Å². The number of pyridine rings is 1. The zero-order valence-electron chi connectivity index (χ0n) is 10.5. The van der Waals surface area contributed by atoms with E-state index >= 15 is 0 Å². The van der Waals surface area contributed by atoms with E-state index in [1.165, 1.54) is 36.4 Å². The monoisotopic (exact) mass is 303 g/mol. The van der Waals surface area contributed by atoms with E-state index in [4.69, 9.17) is 10.4 Å². The van der Waals surface area contributed by atoms with Crippen molar-refractivity contribution in [2.24, 2.45) is 0 Å². The van der Waals surface area contributed by atoms with Gasteiger partial charge in [0.1, 0.15) is 16.7 Å². The molecule has 2 aromatic rings. The minimum atomic E-state index is -3.98. The molecule has 2 N–H and O–H groups in total. The predicted octanol–water partition coefficient (Wildman–Crippen LogP) is 1.45. The first-order valence-corrected chi connectivity index (χ1v) is 7.13. The Morgan fingerprint density at radius 1 is 1.24 bits per heavy atom. The van der Waals surface area contributed by atoms with E-state index in [2.05, 4.69) is 9.71 Å². The van der Waals surface area contributed by atoms with Crippen LogP contribution in [0.2, 0.25) is 0 Å². The average molecular weight is 303 g/mol. The molecule has 0 unspecified atom stereocenters. The molecule has 0 saturated carbocycles. The number of hydrogen-bond donors (Lipinski definition) is 2. The lowest BCUT2D eigenvalue weighted by Gasteiger charge is -2.10. The van der Waals surface area contributed by atoms with E-state index in [1.807, 2.05) is 0 Å². The third-order valence-electron chi connectivity index (χ3n) is 2.56. The van der Waals surface area contributed by atoms with E-state index in [-0.39, 0.29) is 21.8 Å². The van der Waals surface area contributed by atoms with Crippen LogP contribution in [-0.2, 0) is 10.0 Å². The molecule has 21 heavy (non-hydrogen) atoms. The third-order valence-corrected chi connectivity index (χ3v) is 3.91. The second-order valence-corrected chi connectivity index (χ2v) is 5.63. The van der Waals surface area contributed by atoms with Crippen molar-refractivity contribution in [3.63, 3.8) is 0 Å². The first kappa shape index (κ1) is 14.5. The fourth-order valence-electron chi connectivity index (χ4n) is 1.57. The summed E-state index contributed by atoms with van der Waals surface area (Å²) in [6, 6.07) is 9.90. The van der Waals surface area contributed by atoms with Crippen LogP contribution in [0.3, 0.4) is 0 Å². The van der Waals surface area contributed by atoms with Gasteiger partial charge in [0, 0.05) is 6.20 Å². The molecule has 0 saturated heterocycles. The molecule has 0 aliphatic heterocycles. The van der Waals surface area contributed by atoms with Gasteiger partial charge in [-0.2, -0.15) is 5.26 Å². The minimum Gasteiger partial charge on any atom is -0.478 e. The molecule has 0 atom stereocenters. The van der Waals surface area contributed by atoms with Gasteiger partial charge >= 0.3 is 5.97 Å². The molecular formula is C13H9N3O4S. The molecule has 1 aromatic carbocycles. The SMILES string of the molecule is N#Cc1ccc(S(=O)(=O)Nc2ccccc2C(=O)O)cn1. The number of nitriles is 1. The largest absolute Gasteiger partial charge is 0.478 e. The predicted molar refractivity (Wildman–Crippen MR) is 73.2 cm³/mol. The van der Waals surface area contributed by atoms with Crippen molar-refractivity contribution < 1.29 is 18.3 Å². The molecule has 0 aliphatic rings. The number of para-hydroxylation sites is 1. The summed E-state index contributed by atoms with van der Waals surface area (Å²) in [6.07, 6.45) is 1.03. The molecule has 2 rings (SSSR count). The Morgan fingerprint density at radius 3 is 2.52 bits per heavy atom. The van der Waals surface area contributed by atoms with E-state index in [9.17, 15) is 13.2 Å². The normalized spacial score (nSPS) is 10.6. The molecule has 0 spiro atoms. The van der Waals surface area contributed by atoms with Gasteiger partial charge in [0.25, 0.3) is 10.0 Å². The number of sulfonamides is 1. The fourth-order valence-corrected chi connectivity index (χ4v) is 2.59. The van der Waals surface area contributed by atoms with Crippen LogP contribution in [-0.4, -0.2) is 24.5 Å². The van der Waals surface area contributed by atoms with Crippen LogP contribution in [0.1, 0.15) is 16.1 Å². The molecule has 0 amide bonds. The Bertz CT molecular complexity index is 823. The molecular weight excluding hydrogens is 294 g/mol. The third kappa shape index (κ3) is 3.16. The van der Waals surface area contributed by atoms with Crippen molar-refractivity contribution in [2.45, 2.75) is 4.90 Å². The van der Waals surface area contributed by atoms with E-state index < -0.39 is 16.0 Å². The van der Waals surface area contributed by atoms with Crippen molar-refractivity contribution in [3.8, 4) is 6.07 Å². The lowest BCUT2D eigenvalue weighted by atomic mass is 10.2. The number of carboxylic acid groups (broad SMARTS) is 1. The summed E-state index contributed by atoms with van der Waals surface area (Å²) in [5.74, 6) is -1.24. The molecule has 106 valence electrons. The number of rotatable bonds is 4. The zero-order valence-corrected chi connectivity index (χ0v) is 11.3. The Hall–Kier alpha value is -2.92. The highest BCUT2D eigenvalue weighted by Gasteiger charge is 2.18. The van der Waals surface area contributed by atoms with Gasteiger partial charge in [0.05, 0.1) is 11.3 Å². The summed E-state index contributed by atoms with van der Waals surface area (Å²) in [4.78, 5) is 14.5. The molecule has 0 aliphatic carbocycles. The minimum absolute atomic E-state index is 0.0469. The molecule has 1 aromatic heterocycles. The molecule has 8 heteroatoms. The summed E-state index contributed by atoms with van der Waals surface area (Å²) in [6.45, 7) is 0. The highest BCUT2D eigenvalue weighted by atomic mass is 32.2. The highest BCUT2D eigenvalue weighted by molar-refractivity contribution is 7.92. The first-order valence-electron chi connectivity index (χ1n) is 5.65. The maximum absolute atomic E-state index is 12.1. The van der Waals surface area contributed by atoms with Gasteiger partial charge in [-0.25, -0.2) is 18.2 Å². The van der Waals surface area contributed by atoms with Crippen molar-refractivity contribution in [3.05, 3.63) is 53.9 Å². The summed E-state index contributed by atoms with van der Waals surface area (Å²) in [7, 11) is -3.98. The number of aromatic nitrogens is 1. The maximum atomic E-state index is 12.1. The van der Waals surface area contributed by atoms with E-state index in [0.29, 0.717) is 0 Å². The molecule has 7 nitrogen and oxygen atoms in total. The van der Waals surface area contributed by atoms with Crippen molar-refractivity contribution in [2.75, 3.05) is 4.72 Å². The topological polar surface area (TPSA) is 120 Å². The summed E-state index contributed by atoms with van der Waals surface area (Å²) >= 11 is 0. The quantitative estimate of drug-likeness (QED) is 0.882. The number of carbonyl (C=O) groups is 1. The second-order valence-electron chi connectivity index (χ2n) is 3.95. The lowest BCUT2D eigenvalue weighted by Crippen LogP contribution is -2.15. The van der Waals surface area contributed by atoms with Gasteiger partial charge in [-0.05, 0) is 24.3 Å². The average Bonchev–Trinajstić information content (AvgIpc) is 2.47. The maximum Gasteiger partial charge on any atom is 0.337 e. The van der Waals surface area contributed by atoms with Gasteiger partial charge in [-0.1, -0.05) is 12.1 Å². The van der Waals surface area contributed by atoms with Crippen LogP contribution in [0.4, 0.5) is 5.69 Å². The molecule has 0 bridgehead atoms. The van der Waals surface area contributed by atoms with Crippen LogP contribution in [0.25, 0.3) is 0 Å². The second kappa shape index (κ2) is 5.60. The van der Waals surface area contributed by atoms with E-state index in [1.54, 1.807) is 6.07 Å². The van der Waals surface area contributed by atoms with Gasteiger partial charge in [0.2, 0.25) is 0 Å². The van der Waals surface area contributed by atoms with Gasteiger partial charge < -0.3 is 5.11 Å². The Balaban J connectivity index is 2.38. The van der Waals surface area contributed by atoms with Gasteiger partial charge in [-0.15, -0.1) is 0 Å². The van der Waals surface area contributed by atoms with Crippen molar-refractivity contribution in [1.82, 2.24) is 4.98 Å². The summed E-state index contributed by atoms with van der Waals surface area (Å²) < 4.78 is 26.5. The van der Waals surface area contributed by atoms with E-state index in [0.717, 1.165) is 6.20 Å². The first-order chi connectivity index (χ1) is 9.94. The lowest BCUT2D eigenvalue weighted by molar-refractivity contribution is 0.0698. The number of hydrogen-bond acceptors (Lipinski definition) is 5. The Kier molecular flexibility index (Phi) is 3.86. The fraction of sp³-hybridized carbons (Fsp3) is 0. The van der Waals surface area contributed by atoms with Crippen molar-refractivity contribution >= 4 is 21.7 Å². The van der Waals surface area contributed by atoms with Gasteiger partial charge in [-0.3, -0.25) is 4.72 Å². The summed E-state index contributed by atoms with van der Waals surface area (Å²) in [5.41, 5.74) is -0.128. The van der Waals surface area contributed by atoms with Crippen LogP contribution in [0, 0.1) is 11.3 Å². The number of nitrogens with one attached hydrogen (secondary N) is 1. The van der Waals surface area contributed by atoms with Crippen LogP contribution >= 0.6 is 0 Å².